The van der Waals surface area contributed by atoms with Crippen molar-refractivity contribution in [2.45, 2.75) is 53.4 Å². The van der Waals surface area contributed by atoms with Gasteiger partial charge in [0.25, 0.3) is 12.3 Å². The van der Waals surface area contributed by atoms with E-state index in [1.807, 2.05) is 57.0 Å². The van der Waals surface area contributed by atoms with Gasteiger partial charge in [-0.25, -0.2) is 4.39 Å². The van der Waals surface area contributed by atoms with E-state index in [9.17, 15) is 14.0 Å². The summed E-state index contributed by atoms with van der Waals surface area (Å²) >= 11 is 0. The number of nitrogens with zero attached hydrogens (tertiary/aromatic N) is 2. The van der Waals surface area contributed by atoms with Crippen LogP contribution in [-0.4, -0.2) is 42.1 Å². The third kappa shape index (κ3) is 6.97. The van der Waals surface area contributed by atoms with E-state index in [2.05, 4.69) is 17.6 Å². The van der Waals surface area contributed by atoms with Crippen molar-refractivity contribution in [3.8, 4) is 5.75 Å². The normalized spacial score (nSPS) is 14.6. The van der Waals surface area contributed by atoms with Crippen molar-refractivity contribution in [1.82, 2.24) is 20.4 Å². The van der Waals surface area contributed by atoms with E-state index in [1.54, 1.807) is 17.0 Å². The number of hydrogen-bond acceptors (Lipinski definition) is 6. The molecule has 2 amide bonds. The zero-order valence-electron chi connectivity index (χ0n) is 20.6. The Morgan fingerprint density at radius 3 is 2.56 bits per heavy atom. The minimum Gasteiger partial charge on any atom is -0.452 e. The lowest BCUT2D eigenvalue weighted by Gasteiger charge is -2.28. The monoisotopic (exact) mass is 470 g/mol. The highest BCUT2D eigenvalue weighted by molar-refractivity contribution is 5.99. The summed E-state index contributed by atoms with van der Waals surface area (Å²) in [5.74, 6) is 0.329. The maximum absolute atomic E-state index is 13.4. The number of nitrogens with one attached hydrogen (secondary N) is 2. The number of ether oxygens (including phenoxy) is 1. The fourth-order valence-electron chi connectivity index (χ4n) is 3.53. The summed E-state index contributed by atoms with van der Waals surface area (Å²) in [5.41, 5.74) is 2.12. The summed E-state index contributed by atoms with van der Waals surface area (Å²) in [6, 6.07) is 13.7. The molecule has 1 aliphatic rings. The second-order valence-electron chi connectivity index (χ2n) is 7.75. The number of carbonyl (C=O) groups is 2. The quantitative estimate of drug-likeness (QED) is 0.510. The lowest BCUT2D eigenvalue weighted by atomic mass is 10.2. The Balaban J connectivity index is 0.00000199. The van der Waals surface area contributed by atoms with Crippen molar-refractivity contribution in [1.29, 1.82) is 0 Å². The summed E-state index contributed by atoms with van der Waals surface area (Å²) in [7, 11) is 1.89. The lowest BCUT2D eigenvalue weighted by Crippen LogP contribution is -2.44. The number of rotatable bonds is 10. The van der Waals surface area contributed by atoms with Crippen LogP contribution in [0.15, 0.2) is 60.0 Å². The number of imide groups is 1. The Kier molecular flexibility index (Phi) is 10.4. The van der Waals surface area contributed by atoms with E-state index >= 15 is 0 Å². The molecule has 0 aromatic heterocycles. The van der Waals surface area contributed by atoms with Gasteiger partial charge < -0.3 is 19.9 Å². The minimum absolute atomic E-state index is 0.274. The van der Waals surface area contributed by atoms with E-state index in [-0.39, 0.29) is 18.1 Å². The molecular formula is C26H35FN4O3. The van der Waals surface area contributed by atoms with E-state index < -0.39 is 12.3 Å². The molecule has 0 bridgehead atoms. The number of unbranched alkanes of at least 4 members (excludes halogenated alkanes) is 1. The lowest BCUT2D eigenvalue weighted by molar-refractivity contribution is -0.124. The van der Waals surface area contributed by atoms with Crippen molar-refractivity contribution in [3.05, 3.63) is 77.0 Å². The predicted molar refractivity (Wildman–Crippen MR) is 131 cm³/mol. The summed E-state index contributed by atoms with van der Waals surface area (Å²) in [6.07, 6.45) is 1.60. The first-order valence-electron chi connectivity index (χ1n) is 11.6. The number of benzene rings is 2. The van der Waals surface area contributed by atoms with Gasteiger partial charge in [-0.1, -0.05) is 51.5 Å². The first-order valence-corrected chi connectivity index (χ1v) is 11.6. The van der Waals surface area contributed by atoms with Crippen molar-refractivity contribution in [2.24, 2.45) is 0 Å². The molecule has 1 heterocycles. The zero-order valence-corrected chi connectivity index (χ0v) is 20.6. The average molecular weight is 471 g/mol. The molecule has 1 atom stereocenters. The topological polar surface area (TPSA) is 73.9 Å². The van der Waals surface area contributed by atoms with E-state index in [0.717, 1.165) is 30.5 Å². The summed E-state index contributed by atoms with van der Waals surface area (Å²) in [6.45, 7) is 9.06. The summed E-state index contributed by atoms with van der Waals surface area (Å²) < 4.78 is 19.6. The van der Waals surface area contributed by atoms with Crippen molar-refractivity contribution < 1.29 is 18.7 Å². The van der Waals surface area contributed by atoms with Crippen molar-refractivity contribution in [3.63, 3.8) is 0 Å². The number of aryl methyl sites for hydroxylation is 1. The molecule has 0 saturated carbocycles. The Hall–Kier alpha value is -3.55. The van der Waals surface area contributed by atoms with Gasteiger partial charge in [-0.15, -0.1) is 0 Å². The van der Waals surface area contributed by atoms with Gasteiger partial charge in [0.1, 0.15) is 23.1 Å². The Morgan fingerprint density at radius 1 is 1.24 bits per heavy atom. The molecule has 0 aliphatic carbocycles. The highest BCUT2D eigenvalue weighted by Gasteiger charge is 2.38. The van der Waals surface area contributed by atoms with E-state index in [4.69, 9.17) is 4.74 Å². The van der Waals surface area contributed by atoms with Crippen LogP contribution in [0.2, 0.25) is 0 Å². The SMILES string of the molecule is CC.CCCCN(C)C1=C(C(=O)NC=O)N(Cc2ccc(F)cc2)C(Oc2cccc(C)c2)N1. The molecule has 2 aromatic carbocycles. The van der Waals surface area contributed by atoms with Crippen LogP contribution >= 0.6 is 0 Å². The largest absolute Gasteiger partial charge is 0.452 e. The Morgan fingerprint density at radius 2 is 1.94 bits per heavy atom. The van der Waals surface area contributed by atoms with Crippen molar-refractivity contribution in [2.75, 3.05) is 13.6 Å². The first-order chi connectivity index (χ1) is 16.4. The van der Waals surface area contributed by atoms with Gasteiger partial charge in [0, 0.05) is 20.1 Å². The zero-order chi connectivity index (χ0) is 25.1. The standard InChI is InChI=1S/C24H29FN4O3.C2H6/c1-4-5-13-28(3)22-21(23(31)26-16-30)29(15-18-9-11-19(25)12-10-18)24(27-22)32-20-8-6-7-17(2)14-20;1-2/h6-12,14,16,24,27H,4-5,13,15H2,1-3H3,(H,26,30,31);1-2H3. The van der Waals surface area contributed by atoms with Crippen LogP contribution in [-0.2, 0) is 16.1 Å². The molecular weight excluding hydrogens is 435 g/mol. The maximum Gasteiger partial charge on any atom is 0.277 e. The van der Waals surface area contributed by atoms with Crippen LogP contribution in [0.25, 0.3) is 0 Å². The molecule has 8 heteroatoms. The molecule has 2 N–H and O–H groups in total. The molecule has 0 spiro atoms. The van der Waals surface area contributed by atoms with Crippen LogP contribution in [0, 0.1) is 12.7 Å². The molecule has 184 valence electrons. The van der Waals surface area contributed by atoms with Crippen LogP contribution < -0.4 is 15.4 Å². The van der Waals surface area contributed by atoms with Gasteiger partial charge in [0.2, 0.25) is 6.41 Å². The van der Waals surface area contributed by atoms with Crippen LogP contribution in [0.1, 0.15) is 44.7 Å². The van der Waals surface area contributed by atoms with Gasteiger partial charge in [-0.3, -0.25) is 14.9 Å². The van der Waals surface area contributed by atoms with Gasteiger partial charge in [-0.05, 0) is 48.7 Å². The predicted octanol–water partition coefficient (Wildman–Crippen LogP) is 4.10. The first kappa shape index (κ1) is 26.7. The molecule has 0 fully saturated rings. The molecule has 0 saturated heterocycles. The molecule has 3 rings (SSSR count). The molecule has 7 nitrogen and oxygen atoms in total. The molecule has 0 radical (unpaired) electrons. The second-order valence-corrected chi connectivity index (χ2v) is 7.75. The number of carbonyl (C=O) groups excluding carboxylic acids is 2. The Labute approximate surface area is 201 Å². The number of amides is 2. The maximum atomic E-state index is 13.4. The van der Waals surface area contributed by atoms with E-state index in [0.29, 0.717) is 18.0 Å². The highest BCUT2D eigenvalue weighted by Crippen LogP contribution is 2.27. The van der Waals surface area contributed by atoms with Gasteiger partial charge in [0.15, 0.2) is 0 Å². The smallest absolute Gasteiger partial charge is 0.277 e. The van der Waals surface area contributed by atoms with Gasteiger partial charge in [0.05, 0.1) is 0 Å². The summed E-state index contributed by atoms with van der Waals surface area (Å²) in [4.78, 5) is 27.7. The van der Waals surface area contributed by atoms with Crippen LogP contribution in [0.3, 0.4) is 0 Å². The van der Waals surface area contributed by atoms with Crippen LogP contribution in [0.4, 0.5) is 4.39 Å². The number of halogens is 1. The third-order valence-electron chi connectivity index (χ3n) is 5.19. The molecule has 2 aromatic rings. The molecule has 1 unspecified atom stereocenters. The Bertz CT molecular complexity index is 978. The number of hydrogen-bond donors (Lipinski definition) is 2. The van der Waals surface area contributed by atoms with Crippen molar-refractivity contribution >= 4 is 12.3 Å². The average Bonchev–Trinajstić information content (AvgIpc) is 3.18. The second kappa shape index (κ2) is 13.2. The van der Waals surface area contributed by atoms with Gasteiger partial charge in [-0.2, -0.15) is 0 Å². The minimum atomic E-state index is -0.701. The van der Waals surface area contributed by atoms with Crippen LogP contribution in [0.5, 0.6) is 5.75 Å². The van der Waals surface area contributed by atoms with Gasteiger partial charge >= 0.3 is 0 Å². The molecule has 34 heavy (non-hydrogen) atoms. The summed E-state index contributed by atoms with van der Waals surface area (Å²) in [5, 5.41) is 5.54. The molecule has 1 aliphatic heterocycles. The fourth-order valence-corrected chi connectivity index (χ4v) is 3.53. The third-order valence-corrected chi connectivity index (χ3v) is 5.19. The highest BCUT2D eigenvalue weighted by atomic mass is 19.1. The fraction of sp³-hybridized carbons (Fsp3) is 0.385. The van der Waals surface area contributed by atoms with E-state index in [1.165, 1.54) is 12.1 Å².